The molecule has 8 rings (SSSR count). The molecule has 2 aliphatic heterocycles. The third kappa shape index (κ3) is 5.90. The third-order valence-corrected chi connectivity index (χ3v) is 10.7. The van der Waals surface area contributed by atoms with Crippen molar-refractivity contribution in [2.24, 2.45) is 5.41 Å². The number of β-amino-alcohol motifs (C(OH)–C–C–N with tert-alkyl or cyclic N) is 1. The molecule has 0 amide bonds. The number of aromatic nitrogens is 4. The number of aromatic hydroxyl groups is 1. The number of likely N-dealkylation sites (tertiary alicyclic amines) is 1. The van der Waals surface area contributed by atoms with Gasteiger partial charge in [0.05, 0.1) is 37.5 Å². The molecule has 2 saturated heterocycles. The standard InChI is InChI=1S/C37H40F2N6O5/c1-2-26-29(38)7-6-23-13-24(46)14-27(31(23)26)33-32(39)34-28(16-40-33)35(45-11-12-48-20-25(47)18-45)43-36(42-34)49-21-37-8-3-5-30(37)44(10-4-9-37)17-22-15-41-50-19-22/h6-7,13-16,19,25,30,46-47H,2-5,8-12,17-18,20-21H2,1H3. The highest BCUT2D eigenvalue weighted by Gasteiger charge is 2.48. The van der Waals surface area contributed by atoms with Crippen LogP contribution >= 0.6 is 0 Å². The summed E-state index contributed by atoms with van der Waals surface area (Å²) >= 11 is 0. The number of nitrogens with zero attached hydrogens (tertiary/aromatic N) is 6. The van der Waals surface area contributed by atoms with Crippen LogP contribution in [0.1, 0.15) is 50.2 Å². The van der Waals surface area contributed by atoms with E-state index in [0.717, 1.165) is 50.8 Å². The Kier molecular flexibility index (Phi) is 8.74. The Labute approximate surface area is 287 Å². The molecule has 3 atom stereocenters. The quantitative estimate of drug-likeness (QED) is 0.206. The Balaban J connectivity index is 1.21. The van der Waals surface area contributed by atoms with Crippen LogP contribution in [0.3, 0.4) is 0 Å². The molecule has 13 heteroatoms. The van der Waals surface area contributed by atoms with Gasteiger partial charge in [-0.3, -0.25) is 9.88 Å². The number of phenolic OH excluding ortho intramolecular Hbond substituents is 1. The van der Waals surface area contributed by atoms with E-state index < -0.39 is 17.7 Å². The monoisotopic (exact) mass is 686 g/mol. The van der Waals surface area contributed by atoms with Crippen LogP contribution in [-0.2, 0) is 17.7 Å². The number of piperidine rings is 1. The fraction of sp³-hybridized carbons (Fsp3) is 0.459. The summed E-state index contributed by atoms with van der Waals surface area (Å²) in [4.78, 5) is 18.3. The van der Waals surface area contributed by atoms with E-state index in [4.69, 9.17) is 19.0 Å². The molecule has 1 aliphatic carbocycles. The Bertz CT molecular complexity index is 2030. The number of fused-ring (bicyclic) bond motifs is 3. The van der Waals surface area contributed by atoms with Crippen LogP contribution in [-0.4, -0.2) is 86.8 Å². The third-order valence-electron chi connectivity index (χ3n) is 10.7. The SMILES string of the molecule is CCc1c(F)ccc2cc(O)cc(-c3ncc4c(N5CCOCC(O)C5)nc(OCC56CCCC5N(Cc5cnoc5)CCC6)nc4c3F)c12. The summed E-state index contributed by atoms with van der Waals surface area (Å²) in [6.07, 6.45) is 9.66. The molecule has 5 heterocycles. The number of aliphatic hydroxyl groups excluding tert-OH is 1. The van der Waals surface area contributed by atoms with Gasteiger partial charge >= 0.3 is 6.01 Å². The molecular formula is C37H40F2N6O5. The van der Waals surface area contributed by atoms with E-state index in [0.29, 0.717) is 59.8 Å². The second kappa shape index (κ2) is 13.3. The molecule has 0 spiro atoms. The van der Waals surface area contributed by atoms with Crippen molar-refractivity contribution >= 4 is 27.5 Å². The van der Waals surface area contributed by atoms with Crippen molar-refractivity contribution in [1.29, 1.82) is 0 Å². The minimum absolute atomic E-state index is 0.0150. The predicted molar refractivity (Wildman–Crippen MR) is 182 cm³/mol. The van der Waals surface area contributed by atoms with Gasteiger partial charge in [0.2, 0.25) is 0 Å². The Hall–Kier alpha value is -4.46. The smallest absolute Gasteiger partial charge is 0.319 e. The highest BCUT2D eigenvalue weighted by molar-refractivity contribution is 6.01. The van der Waals surface area contributed by atoms with Crippen molar-refractivity contribution < 1.29 is 33.0 Å². The maximum atomic E-state index is 17.0. The van der Waals surface area contributed by atoms with Crippen LogP contribution in [0, 0.1) is 17.0 Å². The first-order valence-electron chi connectivity index (χ1n) is 17.4. The van der Waals surface area contributed by atoms with Gasteiger partial charge in [0, 0.05) is 48.4 Å². The number of pyridine rings is 1. The van der Waals surface area contributed by atoms with E-state index in [1.165, 1.54) is 24.4 Å². The number of anilines is 1. The predicted octanol–water partition coefficient (Wildman–Crippen LogP) is 5.79. The van der Waals surface area contributed by atoms with Crippen LogP contribution in [0.15, 0.2) is 47.4 Å². The minimum Gasteiger partial charge on any atom is -0.508 e. The number of benzene rings is 2. The number of aliphatic hydroxyl groups is 1. The van der Waals surface area contributed by atoms with E-state index >= 15 is 8.78 Å². The second-order valence-corrected chi connectivity index (χ2v) is 13.8. The number of hydrogen-bond acceptors (Lipinski definition) is 11. The molecule has 0 radical (unpaired) electrons. The lowest BCUT2D eigenvalue weighted by Crippen LogP contribution is -2.51. The van der Waals surface area contributed by atoms with E-state index in [-0.39, 0.29) is 47.1 Å². The van der Waals surface area contributed by atoms with Gasteiger partial charge in [0.1, 0.15) is 34.9 Å². The zero-order valence-corrected chi connectivity index (χ0v) is 27.9. The molecule has 3 unspecified atom stereocenters. The summed E-state index contributed by atoms with van der Waals surface area (Å²) in [5, 5.41) is 26.5. The molecule has 5 aromatic rings. The molecule has 3 fully saturated rings. The molecule has 262 valence electrons. The average molecular weight is 687 g/mol. The molecule has 11 nitrogen and oxygen atoms in total. The van der Waals surface area contributed by atoms with Crippen molar-refractivity contribution in [2.45, 2.75) is 64.1 Å². The number of ether oxygens (including phenoxy) is 2. The topological polar surface area (TPSA) is 130 Å². The van der Waals surface area contributed by atoms with Gasteiger partial charge in [0.25, 0.3) is 0 Å². The molecule has 50 heavy (non-hydrogen) atoms. The highest BCUT2D eigenvalue weighted by Crippen LogP contribution is 2.48. The molecule has 3 aromatic heterocycles. The van der Waals surface area contributed by atoms with Gasteiger partial charge in [0.15, 0.2) is 5.82 Å². The minimum atomic E-state index is -0.776. The summed E-state index contributed by atoms with van der Waals surface area (Å²) in [5.41, 5.74) is 1.50. The number of halogens is 2. The van der Waals surface area contributed by atoms with Crippen molar-refractivity contribution in [3.05, 3.63) is 65.7 Å². The Morgan fingerprint density at radius 3 is 2.82 bits per heavy atom. The first-order valence-corrected chi connectivity index (χ1v) is 17.4. The lowest BCUT2D eigenvalue weighted by molar-refractivity contribution is -0.00461. The van der Waals surface area contributed by atoms with Crippen molar-refractivity contribution in [3.8, 4) is 23.0 Å². The van der Waals surface area contributed by atoms with E-state index in [1.807, 2.05) is 11.8 Å². The van der Waals surface area contributed by atoms with Crippen LogP contribution in [0.5, 0.6) is 11.8 Å². The maximum Gasteiger partial charge on any atom is 0.319 e. The van der Waals surface area contributed by atoms with Gasteiger partial charge in [-0.05, 0) is 73.2 Å². The summed E-state index contributed by atoms with van der Waals surface area (Å²) in [6.45, 7) is 5.07. The van der Waals surface area contributed by atoms with E-state index in [9.17, 15) is 10.2 Å². The van der Waals surface area contributed by atoms with Crippen LogP contribution in [0.2, 0.25) is 0 Å². The van der Waals surface area contributed by atoms with Gasteiger partial charge in [-0.1, -0.05) is 24.6 Å². The molecule has 2 N–H and O–H groups in total. The molecule has 0 bridgehead atoms. The summed E-state index contributed by atoms with van der Waals surface area (Å²) < 4.78 is 49.2. The molecular weight excluding hydrogens is 646 g/mol. The van der Waals surface area contributed by atoms with Crippen molar-refractivity contribution in [3.63, 3.8) is 0 Å². The average Bonchev–Trinajstić information content (AvgIpc) is 3.74. The highest BCUT2D eigenvalue weighted by atomic mass is 19.1. The summed E-state index contributed by atoms with van der Waals surface area (Å²) in [5.74, 6) is -0.867. The van der Waals surface area contributed by atoms with Gasteiger partial charge in [-0.25, -0.2) is 8.78 Å². The number of aryl methyl sites for hydroxylation is 1. The largest absolute Gasteiger partial charge is 0.508 e. The Morgan fingerprint density at radius 1 is 1.10 bits per heavy atom. The fourth-order valence-electron chi connectivity index (χ4n) is 8.48. The second-order valence-electron chi connectivity index (χ2n) is 13.8. The number of hydrogen-bond donors (Lipinski definition) is 2. The van der Waals surface area contributed by atoms with Gasteiger partial charge < -0.3 is 29.1 Å². The maximum absolute atomic E-state index is 17.0. The van der Waals surface area contributed by atoms with E-state index in [2.05, 4.69) is 20.0 Å². The van der Waals surface area contributed by atoms with Crippen molar-refractivity contribution in [1.82, 2.24) is 25.0 Å². The fourth-order valence-corrected chi connectivity index (χ4v) is 8.48. The first-order chi connectivity index (χ1) is 24.3. The summed E-state index contributed by atoms with van der Waals surface area (Å²) in [6, 6.07) is 6.19. The summed E-state index contributed by atoms with van der Waals surface area (Å²) in [7, 11) is 0. The number of phenols is 1. The molecule has 3 aliphatic rings. The van der Waals surface area contributed by atoms with Crippen LogP contribution in [0.25, 0.3) is 32.9 Å². The van der Waals surface area contributed by atoms with Crippen molar-refractivity contribution in [2.75, 3.05) is 44.4 Å². The molecule has 2 aromatic carbocycles. The van der Waals surface area contributed by atoms with Crippen LogP contribution in [0.4, 0.5) is 14.6 Å². The zero-order valence-electron chi connectivity index (χ0n) is 27.9. The first kappa shape index (κ1) is 32.7. The van der Waals surface area contributed by atoms with Crippen LogP contribution < -0.4 is 9.64 Å². The van der Waals surface area contributed by atoms with Gasteiger partial charge in [-0.2, -0.15) is 9.97 Å². The Morgan fingerprint density at radius 2 is 1.98 bits per heavy atom. The number of rotatable bonds is 8. The van der Waals surface area contributed by atoms with E-state index in [1.54, 1.807) is 18.5 Å². The lowest BCUT2D eigenvalue weighted by atomic mass is 9.75. The zero-order chi connectivity index (χ0) is 34.4. The van der Waals surface area contributed by atoms with Gasteiger partial charge in [-0.15, -0.1) is 0 Å². The normalized spacial score (nSPS) is 23.0. The lowest BCUT2D eigenvalue weighted by Gasteiger charge is -2.46. The molecule has 1 saturated carbocycles.